The largest absolute Gasteiger partial charge is 0.353 e. The van der Waals surface area contributed by atoms with Crippen LogP contribution in [0, 0.1) is 0 Å². The van der Waals surface area contributed by atoms with Gasteiger partial charge in [-0.15, -0.1) is 0 Å². The van der Waals surface area contributed by atoms with Crippen LogP contribution < -0.4 is 5.32 Å². The number of anilines is 2. The maximum atomic E-state index is 12.5. The van der Waals surface area contributed by atoms with Gasteiger partial charge in [-0.25, -0.2) is 0 Å². The van der Waals surface area contributed by atoms with E-state index in [1.165, 1.54) is 9.79 Å². The average Bonchev–Trinajstić information content (AvgIpc) is 2.81. The third kappa shape index (κ3) is 3.56. The van der Waals surface area contributed by atoms with Crippen molar-refractivity contribution in [1.82, 2.24) is 0 Å². The fraction of sp³-hybridized carbons (Fsp3) is 0. The van der Waals surface area contributed by atoms with Gasteiger partial charge in [0.25, 0.3) is 0 Å². The molecule has 5 rings (SSSR count). The molecule has 0 saturated carbocycles. The minimum Gasteiger partial charge on any atom is -0.353 e. The quantitative estimate of drug-likeness (QED) is 0.248. The molecule has 3 heteroatoms. The molecule has 0 spiro atoms. The average molecular weight is 406 g/mol. The first-order valence-electron chi connectivity index (χ1n) is 9.83. The maximum Gasteiger partial charge on any atom is 0.185 e. The van der Waals surface area contributed by atoms with Gasteiger partial charge in [0.05, 0.1) is 11.4 Å². The van der Waals surface area contributed by atoms with Crippen LogP contribution in [-0.2, 0) is 0 Å². The Labute approximate surface area is 180 Å². The van der Waals surface area contributed by atoms with E-state index in [1.807, 2.05) is 60.7 Å². The summed E-state index contributed by atoms with van der Waals surface area (Å²) in [5.74, 6) is 0.00287. The zero-order valence-corrected chi connectivity index (χ0v) is 17.0. The number of fused-ring (bicyclic) bond motifs is 2. The molecule has 0 amide bonds. The molecule has 1 aliphatic heterocycles. The Bertz CT molecular complexity index is 1260. The Morgan fingerprint density at radius 1 is 0.700 bits per heavy atom. The van der Waals surface area contributed by atoms with Gasteiger partial charge in [0.15, 0.2) is 5.78 Å². The summed E-state index contributed by atoms with van der Waals surface area (Å²) in [6.45, 7) is 0. The molecule has 0 bridgehead atoms. The topological polar surface area (TPSA) is 29.1 Å². The highest BCUT2D eigenvalue weighted by Crippen LogP contribution is 2.48. The minimum atomic E-state index is 0.00287. The molecular weight excluding hydrogens is 386 g/mol. The summed E-state index contributed by atoms with van der Waals surface area (Å²) in [6, 6.07) is 32.3. The number of hydrogen-bond acceptors (Lipinski definition) is 3. The van der Waals surface area contributed by atoms with Gasteiger partial charge < -0.3 is 5.32 Å². The van der Waals surface area contributed by atoms with Crippen LogP contribution in [0.5, 0.6) is 0 Å². The first-order valence-corrected chi connectivity index (χ1v) is 10.6. The van der Waals surface area contributed by atoms with E-state index in [0.29, 0.717) is 5.56 Å². The van der Waals surface area contributed by atoms with Gasteiger partial charge in [0.1, 0.15) is 0 Å². The van der Waals surface area contributed by atoms with Crippen molar-refractivity contribution in [2.75, 3.05) is 5.32 Å². The van der Waals surface area contributed by atoms with Crippen LogP contribution in [0.4, 0.5) is 11.4 Å². The predicted octanol–water partition coefficient (Wildman–Crippen LogP) is 7.46. The van der Waals surface area contributed by atoms with Crippen LogP contribution in [0.3, 0.4) is 0 Å². The smallest absolute Gasteiger partial charge is 0.185 e. The molecule has 0 aliphatic carbocycles. The van der Waals surface area contributed by atoms with Crippen LogP contribution in [-0.4, -0.2) is 5.78 Å². The third-order valence-corrected chi connectivity index (χ3v) is 6.25. The van der Waals surface area contributed by atoms with Gasteiger partial charge in [0.2, 0.25) is 0 Å². The molecule has 2 nitrogen and oxygen atoms in total. The number of rotatable bonds is 4. The molecular formula is C27H19NOS. The van der Waals surface area contributed by atoms with Crippen LogP contribution in [0.25, 0.3) is 17.2 Å². The van der Waals surface area contributed by atoms with Crippen molar-refractivity contribution in [3.8, 4) is 11.1 Å². The molecule has 144 valence electrons. The first-order chi connectivity index (χ1) is 14.8. The Morgan fingerprint density at radius 3 is 2.30 bits per heavy atom. The van der Waals surface area contributed by atoms with Gasteiger partial charge in [-0.3, -0.25) is 4.79 Å². The van der Waals surface area contributed by atoms with Crippen molar-refractivity contribution < 1.29 is 4.79 Å². The summed E-state index contributed by atoms with van der Waals surface area (Å²) in [5, 5.41) is 3.61. The van der Waals surface area contributed by atoms with E-state index in [1.54, 1.807) is 17.8 Å². The molecule has 0 unspecified atom stereocenters. The lowest BCUT2D eigenvalue weighted by Crippen LogP contribution is -2.02. The molecule has 0 saturated heterocycles. The molecule has 0 aromatic heterocycles. The predicted molar refractivity (Wildman–Crippen MR) is 126 cm³/mol. The fourth-order valence-electron chi connectivity index (χ4n) is 3.63. The number of hydrogen-bond donors (Lipinski definition) is 1. The lowest BCUT2D eigenvalue weighted by Gasteiger charge is -2.24. The van der Waals surface area contributed by atoms with Gasteiger partial charge in [-0.2, -0.15) is 0 Å². The molecule has 0 atom stereocenters. The second-order valence-corrected chi connectivity index (χ2v) is 8.14. The van der Waals surface area contributed by atoms with Crippen molar-refractivity contribution in [1.29, 1.82) is 0 Å². The van der Waals surface area contributed by atoms with Crippen LogP contribution in [0.1, 0.15) is 15.9 Å². The normalized spacial score (nSPS) is 12.1. The zero-order chi connectivity index (χ0) is 20.3. The molecule has 1 N–H and O–H groups in total. The second-order valence-electron chi connectivity index (χ2n) is 7.05. The number of benzene rings is 4. The zero-order valence-electron chi connectivity index (χ0n) is 16.2. The minimum absolute atomic E-state index is 0.00287. The number of carbonyl (C=O) groups is 1. The molecule has 4 aromatic carbocycles. The SMILES string of the molecule is O=C(C=Cc1ccccc1-c1cccc2c1Nc1ccccc1S2)c1ccccc1. The summed E-state index contributed by atoms with van der Waals surface area (Å²) in [5.41, 5.74) is 6.16. The van der Waals surface area contributed by atoms with Crippen LogP contribution in [0.15, 0.2) is 113 Å². The van der Waals surface area contributed by atoms with E-state index in [-0.39, 0.29) is 5.78 Å². The Balaban J connectivity index is 1.53. The van der Waals surface area contributed by atoms with E-state index in [2.05, 4.69) is 47.8 Å². The highest BCUT2D eigenvalue weighted by Gasteiger charge is 2.19. The lowest BCUT2D eigenvalue weighted by molar-refractivity contribution is 0.104. The van der Waals surface area contributed by atoms with Gasteiger partial charge in [-0.05, 0) is 35.4 Å². The van der Waals surface area contributed by atoms with Crippen molar-refractivity contribution in [3.63, 3.8) is 0 Å². The second kappa shape index (κ2) is 8.05. The molecule has 1 aliphatic rings. The first kappa shape index (κ1) is 18.5. The van der Waals surface area contributed by atoms with E-state index >= 15 is 0 Å². The maximum absolute atomic E-state index is 12.5. The van der Waals surface area contributed by atoms with E-state index in [9.17, 15) is 4.79 Å². The van der Waals surface area contributed by atoms with Gasteiger partial charge in [-0.1, -0.05) is 96.7 Å². The van der Waals surface area contributed by atoms with Crippen molar-refractivity contribution in [2.24, 2.45) is 0 Å². The highest BCUT2D eigenvalue weighted by atomic mass is 32.2. The monoisotopic (exact) mass is 405 g/mol. The number of nitrogens with one attached hydrogen (secondary N) is 1. The van der Waals surface area contributed by atoms with Gasteiger partial charge in [0, 0.05) is 20.9 Å². The number of carbonyl (C=O) groups excluding carboxylic acids is 1. The van der Waals surface area contributed by atoms with Crippen molar-refractivity contribution in [2.45, 2.75) is 9.79 Å². The summed E-state index contributed by atoms with van der Waals surface area (Å²) >= 11 is 1.78. The fourth-order valence-corrected chi connectivity index (χ4v) is 4.66. The standard InChI is InChI=1S/C27H19NOS/c29-24(20-10-2-1-3-11-20)18-17-19-9-4-5-12-21(19)22-13-8-16-26-27(22)28-23-14-6-7-15-25(23)30-26/h1-18,28H. The molecule has 0 radical (unpaired) electrons. The summed E-state index contributed by atoms with van der Waals surface area (Å²) in [4.78, 5) is 15.0. The lowest BCUT2D eigenvalue weighted by atomic mass is 9.97. The number of allylic oxidation sites excluding steroid dienone is 1. The highest BCUT2D eigenvalue weighted by molar-refractivity contribution is 7.99. The number of para-hydroxylation sites is 2. The third-order valence-electron chi connectivity index (χ3n) is 5.12. The molecule has 1 heterocycles. The summed E-state index contributed by atoms with van der Waals surface area (Å²) < 4.78 is 0. The molecule has 4 aromatic rings. The van der Waals surface area contributed by atoms with Crippen molar-refractivity contribution in [3.05, 3.63) is 114 Å². The van der Waals surface area contributed by atoms with E-state index in [0.717, 1.165) is 28.1 Å². The van der Waals surface area contributed by atoms with Crippen LogP contribution >= 0.6 is 11.8 Å². The Hall–Kier alpha value is -3.56. The summed E-state index contributed by atoms with van der Waals surface area (Å²) in [6.07, 6.45) is 3.56. The number of ketones is 1. The van der Waals surface area contributed by atoms with Crippen LogP contribution in [0.2, 0.25) is 0 Å². The van der Waals surface area contributed by atoms with E-state index in [4.69, 9.17) is 0 Å². The summed E-state index contributed by atoms with van der Waals surface area (Å²) in [7, 11) is 0. The Morgan fingerprint density at radius 2 is 1.40 bits per heavy atom. The van der Waals surface area contributed by atoms with Crippen molar-refractivity contribution >= 4 is 35.0 Å². The molecule has 30 heavy (non-hydrogen) atoms. The Kier molecular flexibility index (Phi) is 4.96. The van der Waals surface area contributed by atoms with E-state index < -0.39 is 0 Å². The molecule has 0 fully saturated rings. The van der Waals surface area contributed by atoms with Gasteiger partial charge >= 0.3 is 0 Å².